The summed E-state index contributed by atoms with van der Waals surface area (Å²) in [5.41, 5.74) is 3.50. The van der Waals surface area contributed by atoms with Crippen LogP contribution in [0.1, 0.15) is 17.5 Å². The number of ether oxygens (including phenoxy) is 1. The molecule has 2 N–H and O–H groups in total. The first kappa shape index (κ1) is 18.3. The fourth-order valence-corrected chi connectivity index (χ4v) is 3.34. The molecule has 24 heavy (non-hydrogen) atoms. The van der Waals surface area contributed by atoms with E-state index in [4.69, 9.17) is 4.74 Å². The van der Waals surface area contributed by atoms with E-state index in [1.165, 1.54) is 0 Å². The molecular formula is C18H24N2O3S. The first-order chi connectivity index (χ1) is 11.4. The van der Waals surface area contributed by atoms with E-state index < -0.39 is 10.0 Å². The lowest BCUT2D eigenvalue weighted by atomic mass is 10.1. The fraction of sp³-hybridized carbons (Fsp3) is 0.333. The van der Waals surface area contributed by atoms with Gasteiger partial charge in [0.15, 0.2) is 0 Å². The molecular weight excluding hydrogens is 324 g/mol. The summed E-state index contributed by atoms with van der Waals surface area (Å²) in [6.07, 6.45) is 0.914. The smallest absolute Gasteiger partial charge is 0.261 e. The second-order valence-corrected chi connectivity index (χ2v) is 7.38. The minimum atomic E-state index is -3.58. The second-order valence-electron chi connectivity index (χ2n) is 5.70. The number of rotatable bonds is 8. The zero-order chi connectivity index (χ0) is 17.6. The quantitative estimate of drug-likeness (QED) is 0.716. The highest BCUT2D eigenvalue weighted by Gasteiger charge is 2.14. The van der Waals surface area contributed by atoms with Crippen LogP contribution in [0.5, 0.6) is 0 Å². The number of benzene rings is 2. The van der Waals surface area contributed by atoms with Gasteiger partial charge in [0, 0.05) is 31.6 Å². The van der Waals surface area contributed by atoms with E-state index >= 15 is 0 Å². The van der Waals surface area contributed by atoms with E-state index in [9.17, 15) is 8.42 Å². The molecule has 0 unspecified atom stereocenters. The van der Waals surface area contributed by atoms with Crippen LogP contribution in [0.2, 0.25) is 0 Å². The maximum atomic E-state index is 12.5. The van der Waals surface area contributed by atoms with Crippen molar-refractivity contribution in [2.45, 2.75) is 25.2 Å². The van der Waals surface area contributed by atoms with Crippen molar-refractivity contribution in [1.29, 1.82) is 0 Å². The van der Waals surface area contributed by atoms with E-state index in [0.717, 1.165) is 29.8 Å². The van der Waals surface area contributed by atoms with Gasteiger partial charge in [-0.3, -0.25) is 4.72 Å². The van der Waals surface area contributed by atoms with Crippen LogP contribution in [0.25, 0.3) is 0 Å². The predicted octanol–water partition coefficient (Wildman–Crippen LogP) is 3.55. The molecule has 0 aliphatic rings. The van der Waals surface area contributed by atoms with Crippen molar-refractivity contribution in [3.63, 3.8) is 0 Å². The van der Waals surface area contributed by atoms with Crippen LogP contribution in [0.3, 0.4) is 0 Å². The van der Waals surface area contributed by atoms with Crippen molar-refractivity contribution in [2.75, 3.05) is 30.3 Å². The lowest BCUT2D eigenvalue weighted by molar-refractivity contribution is 0.198. The van der Waals surface area contributed by atoms with Crippen molar-refractivity contribution >= 4 is 21.4 Å². The number of hydrogen-bond donors (Lipinski definition) is 2. The van der Waals surface area contributed by atoms with Crippen molar-refractivity contribution < 1.29 is 13.2 Å². The Hall–Kier alpha value is -2.05. The molecule has 0 atom stereocenters. The molecule has 0 aliphatic heterocycles. The minimum absolute atomic E-state index is 0.271. The fourth-order valence-electron chi connectivity index (χ4n) is 2.20. The minimum Gasteiger partial charge on any atom is -0.385 e. The summed E-state index contributed by atoms with van der Waals surface area (Å²) in [4.78, 5) is 0.271. The summed E-state index contributed by atoms with van der Waals surface area (Å²) in [5, 5.41) is 3.26. The van der Waals surface area contributed by atoms with Crippen LogP contribution in [0, 0.1) is 13.8 Å². The molecule has 2 rings (SSSR count). The Labute approximate surface area is 144 Å². The lowest BCUT2D eigenvalue weighted by Gasteiger charge is -2.11. The summed E-state index contributed by atoms with van der Waals surface area (Å²) in [6, 6.07) is 12.3. The molecule has 0 fully saturated rings. The molecule has 2 aromatic carbocycles. The number of anilines is 2. The number of hydrogen-bond acceptors (Lipinski definition) is 4. The highest BCUT2D eigenvalue weighted by atomic mass is 32.2. The van der Waals surface area contributed by atoms with E-state index in [-0.39, 0.29) is 4.90 Å². The zero-order valence-electron chi connectivity index (χ0n) is 14.3. The van der Waals surface area contributed by atoms with Gasteiger partial charge in [-0.25, -0.2) is 8.42 Å². The first-order valence-corrected chi connectivity index (χ1v) is 9.33. The number of aryl methyl sites for hydroxylation is 2. The summed E-state index contributed by atoms with van der Waals surface area (Å²) >= 11 is 0. The molecule has 0 saturated heterocycles. The van der Waals surface area contributed by atoms with Gasteiger partial charge in [-0.2, -0.15) is 0 Å². The highest BCUT2D eigenvalue weighted by Crippen LogP contribution is 2.20. The Morgan fingerprint density at radius 3 is 2.25 bits per heavy atom. The lowest BCUT2D eigenvalue weighted by Crippen LogP contribution is -2.13. The summed E-state index contributed by atoms with van der Waals surface area (Å²) < 4.78 is 32.5. The number of methoxy groups -OCH3 is 1. The van der Waals surface area contributed by atoms with E-state index in [1.807, 2.05) is 32.0 Å². The largest absolute Gasteiger partial charge is 0.385 e. The highest BCUT2D eigenvalue weighted by molar-refractivity contribution is 7.92. The molecule has 2 aromatic rings. The van der Waals surface area contributed by atoms with Crippen LogP contribution in [-0.4, -0.2) is 28.7 Å². The molecule has 0 saturated carbocycles. The van der Waals surface area contributed by atoms with Gasteiger partial charge in [0.25, 0.3) is 10.0 Å². The number of nitrogens with one attached hydrogen (secondary N) is 2. The molecule has 6 heteroatoms. The molecule has 0 radical (unpaired) electrons. The van der Waals surface area contributed by atoms with Gasteiger partial charge in [-0.1, -0.05) is 6.07 Å². The van der Waals surface area contributed by atoms with Crippen LogP contribution >= 0.6 is 0 Å². The SMILES string of the molecule is COCCCNc1ccc(NS(=O)(=O)c2ccc(C)c(C)c2)cc1. The third kappa shape index (κ3) is 4.97. The van der Waals surface area contributed by atoms with E-state index in [2.05, 4.69) is 10.0 Å². The molecule has 0 aliphatic carbocycles. The van der Waals surface area contributed by atoms with Gasteiger partial charge in [-0.15, -0.1) is 0 Å². The van der Waals surface area contributed by atoms with Crippen LogP contribution in [0.15, 0.2) is 47.4 Å². The van der Waals surface area contributed by atoms with Gasteiger partial charge >= 0.3 is 0 Å². The normalized spacial score (nSPS) is 11.3. The van der Waals surface area contributed by atoms with Crippen molar-refractivity contribution in [3.8, 4) is 0 Å². The van der Waals surface area contributed by atoms with E-state index in [1.54, 1.807) is 31.4 Å². The standard InChI is InChI=1S/C18H24N2O3S/c1-14-5-10-18(13-15(14)2)24(21,22)20-17-8-6-16(7-9-17)19-11-4-12-23-3/h5-10,13,19-20H,4,11-12H2,1-3H3. The maximum absolute atomic E-state index is 12.5. The van der Waals surface area contributed by atoms with Crippen LogP contribution in [0.4, 0.5) is 11.4 Å². The van der Waals surface area contributed by atoms with Crippen LogP contribution < -0.4 is 10.0 Å². The van der Waals surface area contributed by atoms with E-state index in [0.29, 0.717) is 12.3 Å². The molecule has 130 valence electrons. The van der Waals surface area contributed by atoms with Gasteiger partial charge in [0.1, 0.15) is 0 Å². The van der Waals surface area contributed by atoms with Crippen molar-refractivity contribution in [3.05, 3.63) is 53.6 Å². The molecule has 0 amide bonds. The van der Waals surface area contributed by atoms with Crippen molar-refractivity contribution in [2.24, 2.45) is 0 Å². The topological polar surface area (TPSA) is 67.4 Å². The predicted molar refractivity (Wildman–Crippen MR) is 98.1 cm³/mol. The Morgan fingerprint density at radius 1 is 0.958 bits per heavy atom. The maximum Gasteiger partial charge on any atom is 0.261 e. The molecule has 0 bridgehead atoms. The summed E-state index contributed by atoms with van der Waals surface area (Å²) in [5.74, 6) is 0. The molecule has 0 aromatic heterocycles. The summed E-state index contributed by atoms with van der Waals surface area (Å²) in [6.45, 7) is 5.37. The van der Waals surface area contributed by atoms with Gasteiger partial charge in [-0.05, 0) is 67.8 Å². The number of sulfonamides is 1. The second kappa shape index (κ2) is 8.17. The molecule has 0 spiro atoms. The van der Waals surface area contributed by atoms with Gasteiger partial charge < -0.3 is 10.1 Å². The summed E-state index contributed by atoms with van der Waals surface area (Å²) in [7, 11) is -1.90. The van der Waals surface area contributed by atoms with Gasteiger partial charge in [0.2, 0.25) is 0 Å². The monoisotopic (exact) mass is 348 g/mol. The Morgan fingerprint density at radius 2 is 1.62 bits per heavy atom. The zero-order valence-corrected chi connectivity index (χ0v) is 15.1. The Balaban J connectivity index is 2.03. The molecule has 5 nitrogen and oxygen atoms in total. The Kier molecular flexibility index (Phi) is 6.23. The molecule has 0 heterocycles. The first-order valence-electron chi connectivity index (χ1n) is 7.85. The third-order valence-electron chi connectivity index (χ3n) is 3.78. The average Bonchev–Trinajstić information content (AvgIpc) is 2.55. The van der Waals surface area contributed by atoms with Gasteiger partial charge in [0.05, 0.1) is 4.90 Å². The third-order valence-corrected chi connectivity index (χ3v) is 5.16. The average molecular weight is 348 g/mol. The Bertz CT molecular complexity index is 771. The van der Waals surface area contributed by atoms with Crippen LogP contribution in [-0.2, 0) is 14.8 Å². The van der Waals surface area contributed by atoms with Crippen molar-refractivity contribution in [1.82, 2.24) is 0 Å².